The maximum atomic E-state index is 12.8. The fourth-order valence-electron chi connectivity index (χ4n) is 2.64. The number of aromatic nitrogens is 2. The summed E-state index contributed by atoms with van der Waals surface area (Å²) in [6.45, 7) is 0. The van der Waals surface area contributed by atoms with Crippen LogP contribution in [0.25, 0.3) is 22.1 Å². The van der Waals surface area contributed by atoms with E-state index in [4.69, 9.17) is 4.74 Å². The molecule has 0 unspecified atom stereocenters. The molecule has 0 bridgehead atoms. The van der Waals surface area contributed by atoms with Gasteiger partial charge in [0.15, 0.2) is 16.5 Å². The molecule has 0 saturated carbocycles. The second-order valence-corrected chi connectivity index (χ2v) is 7.93. The third kappa shape index (κ3) is 2.56. The van der Waals surface area contributed by atoms with E-state index >= 15 is 0 Å². The molecule has 0 spiro atoms. The number of phenols is 1. The zero-order valence-electron chi connectivity index (χ0n) is 12.8. The third-order valence-electron chi connectivity index (χ3n) is 3.83. The van der Waals surface area contributed by atoms with Crippen molar-refractivity contribution in [2.24, 2.45) is 0 Å². The first-order valence-corrected chi connectivity index (χ1v) is 9.58. The monoisotopic (exact) mass is 480 g/mol. The van der Waals surface area contributed by atoms with E-state index in [-0.39, 0.29) is 11.3 Å². The quantitative estimate of drug-likeness (QED) is 0.474. The number of halogens is 2. The molecule has 4 aromatic rings. The number of phenolic OH excluding ortho intramolecular Hbond substituents is 1. The number of hydrogen-bond donors (Lipinski definition) is 1. The minimum Gasteiger partial charge on any atom is -0.504 e. The zero-order valence-corrected chi connectivity index (χ0v) is 16.8. The van der Waals surface area contributed by atoms with Gasteiger partial charge in [-0.1, -0.05) is 23.5 Å². The number of rotatable bonds is 2. The summed E-state index contributed by atoms with van der Waals surface area (Å²) in [4.78, 5) is 17.9. The first-order chi connectivity index (χ1) is 12.0. The Labute approximate surface area is 162 Å². The van der Waals surface area contributed by atoms with E-state index in [2.05, 4.69) is 36.8 Å². The molecule has 2 aromatic carbocycles. The standard InChI is InChI=1S/C17H10Br2N2O3S/c1-24-12-7-9(18)14(19)8(15(12)22)6-13-16(23)21-11-5-3-2-4-10(11)20-17(21)25-13/h2-7,22H,1H3. The molecule has 0 aliphatic heterocycles. The van der Waals surface area contributed by atoms with Crippen LogP contribution in [0, 0.1) is 0 Å². The van der Waals surface area contributed by atoms with Crippen molar-refractivity contribution < 1.29 is 9.84 Å². The van der Waals surface area contributed by atoms with E-state index in [0.717, 1.165) is 11.0 Å². The number of hydrogen-bond acceptors (Lipinski definition) is 5. The number of fused-ring (bicyclic) bond motifs is 3. The smallest absolute Gasteiger partial charge is 0.274 e. The Balaban J connectivity index is 2.04. The second-order valence-electron chi connectivity index (χ2n) is 5.27. The molecular formula is C17H10Br2N2O3S. The van der Waals surface area contributed by atoms with Crippen molar-refractivity contribution in [1.82, 2.24) is 9.38 Å². The van der Waals surface area contributed by atoms with Gasteiger partial charge in [0.2, 0.25) is 0 Å². The number of para-hydroxylation sites is 2. The van der Waals surface area contributed by atoms with Gasteiger partial charge in [-0.2, -0.15) is 0 Å². The van der Waals surface area contributed by atoms with Gasteiger partial charge in [0, 0.05) is 14.5 Å². The molecule has 0 amide bonds. The fourth-order valence-corrected chi connectivity index (χ4v) is 4.45. The van der Waals surface area contributed by atoms with Gasteiger partial charge >= 0.3 is 0 Å². The molecule has 2 aromatic heterocycles. The normalized spacial score (nSPS) is 12.4. The van der Waals surface area contributed by atoms with E-state index in [9.17, 15) is 9.90 Å². The van der Waals surface area contributed by atoms with Gasteiger partial charge in [0.25, 0.3) is 5.56 Å². The topological polar surface area (TPSA) is 63.8 Å². The number of ether oxygens (including phenoxy) is 1. The van der Waals surface area contributed by atoms with Crippen LogP contribution in [-0.2, 0) is 0 Å². The Bertz CT molecular complexity index is 1250. The molecule has 8 heteroatoms. The van der Waals surface area contributed by atoms with Crippen LogP contribution in [0.15, 0.2) is 44.1 Å². The zero-order chi connectivity index (χ0) is 17.7. The molecule has 5 nitrogen and oxygen atoms in total. The van der Waals surface area contributed by atoms with Gasteiger partial charge in [-0.25, -0.2) is 9.38 Å². The van der Waals surface area contributed by atoms with Crippen LogP contribution >= 0.6 is 43.2 Å². The minimum absolute atomic E-state index is 0.0344. The molecule has 4 rings (SSSR count). The molecule has 0 atom stereocenters. The molecule has 0 saturated heterocycles. The van der Waals surface area contributed by atoms with Crippen LogP contribution in [0.3, 0.4) is 0 Å². The highest BCUT2D eigenvalue weighted by atomic mass is 79.9. The summed E-state index contributed by atoms with van der Waals surface area (Å²) in [5.74, 6) is 0.286. The van der Waals surface area contributed by atoms with Crippen LogP contribution in [0.1, 0.15) is 5.56 Å². The van der Waals surface area contributed by atoms with E-state index in [1.165, 1.54) is 18.4 Å². The highest BCUT2D eigenvalue weighted by Gasteiger charge is 2.16. The summed E-state index contributed by atoms with van der Waals surface area (Å²) in [7, 11) is 1.48. The van der Waals surface area contributed by atoms with Crippen LogP contribution in [0.4, 0.5) is 0 Å². The van der Waals surface area contributed by atoms with E-state index in [1.807, 2.05) is 24.3 Å². The van der Waals surface area contributed by atoms with Gasteiger partial charge in [-0.15, -0.1) is 0 Å². The Kier molecular flexibility index (Phi) is 4.05. The van der Waals surface area contributed by atoms with Crippen LogP contribution in [-0.4, -0.2) is 21.6 Å². The van der Waals surface area contributed by atoms with E-state index in [1.54, 1.807) is 16.5 Å². The molecule has 0 radical (unpaired) electrons. The van der Waals surface area contributed by atoms with Crippen molar-refractivity contribution in [3.63, 3.8) is 0 Å². The number of nitrogens with zero attached hydrogens (tertiary/aromatic N) is 2. The second kappa shape index (κ2) is 6.12. The first-order valence-electron chi connectivity index (χ1n) is 7.18. The lowest BCUT2D eigenvalue weighted by Gasteiger charge is -2.09. The molecule has 0 aliphatic rings. The summed E-state index contributed by atoms with van der Waals surface area (Å²) >= 11 is 8.13. The highest BCUT2D eigenvalue weighted by molar-refractivity contribution is 9.13. The van der Waals surface area contributed by atoms with Crippen molar-refractivity contribution in [3.8, 4) is 11.5 Å². The number of aromatic hydroxyl groups is 1. The molecule has 25 heavy (non-hydrogen) atoms. The van der Waals surface area contributed by atoms with Gasteiger partial charge in [0.1, 0.15) is 0 Å². The lowest BCUT2D eigenvalue weighted by atomic mass is 10.2. The molecular weight excluding hydrogens is 472 g/mol. The molecule has 1 N–H and O–H groups in total. The summed E-state index contributed by atoms with van der Waals surface area (Å²) in [5.41, 5.74) is 1.86. The van der Waals surface area contributed by atoms with Gasteiger partial charge < -0.3 is 9.84 Å². The largest absolute Gasteiger partial charge is 0.504 e. The predicted octanol–water partition coefficient (Wildman–Crippen LogP) is 3.70. The lowest BCUT2D eigenvalue weighted by Crippen LogP contribution is -2.22. The number of imidazole rings is 1. The van der Waals surface area contributed by atoms with Gasteiger partial charge in [-0.3, -0.25) is 4.79 Å². The Morgan fingerprint density at radius 1 is 1.32 bits per heavy atom. The lowest BCUT2D eigenvalue weighted by molar-refractivity contribution is 0.372. The third-order valence-corrected chi connectivity index (χ3v) is 6.81. The van der Waals surface area contributed by atoms with Crippen molar-refractivity contribution in [2.45, 2.75) is 0 Å². The molecule has 0 fully saturated rings. The molecule has 0 aliphatic carbocycles. The van der Waals surface area contributed by atoms with Crippen molar-refractivity contribution in [2.75, 3.05) is 7.11 Å². The van der Waals surface area contributed by atoms with Gasteiger partial charge in [-0.05, 0) is 56.1 Å². The summed E-state index contributed by atoms with van der Waals surface area (Å²) in [5, 5.41) is 10.4. The SMILES string of the molecule is COc1cc(Br)c(Br)c(C=c2sc3nc4ccccc4n3c2=O)c1O. The minimum atomic E-state index is -0.168. The molecule has 2 heterocycles. The van der Waals surface area contributed by atoms with E-state index < -0.39 is 0 Å². The summed E-state index contributed by atoms with van der Waals surface area (Å²) in [6.07, 6.45) is 1.64. The van der Waals surface area contributed by atoms with Crippen molar-refractivity contribution in [1.29, 1.82) is 0 Å². The van der Waals surface area contributed by atoms with Crippen molar-refractivity contribution >= 4 is 65.3 Å². The Morgan fingerprint density at radius 2 is 2.08 bits per heavy atom. The Hall–Kier alpha value is -1.90. The number of methoxy groups -OCH3 is 1. The summed E-state index contributed by atoms with van der Waals surface area (Å²) in [6, 6.07) is 9.16. The highest BCUT2D eigenvalue weighted by Crippen LogP contribution is 2.40. The number of benzene rings is 2. The Morgan fingerprint density at radius 3 is 2.84 bits per heavy atom. The predicted molar refractivity (Wildman–Crippen MR) is 106 cm³/mol. The molecule has 126 valence electrons. The van der Waals surface area contributed by atoms with Crippen LogP contribution in [0.5, 0.6) is 11.5 Å². The maximum absolute atomic E-state index is 12.8. The van der Waals surface area contributed by atoms with Crippen molar-refractivity contribution in [3.05, 3.63) is 59.7 Å². The average molecular weight is 482 g/mol. The average Bonchev–Trinajstić information content (AvgIpc) is 3.11. The van der Waals surface area contributed by atoms with Gasteiger partial charge in [0.05, 0.1) is 22.7 Å². The van der Waals surface area contributed by atoms with E-state index in [0.29, 0.717) is 29.8 Å². The number of thiazole rings is 1. The maximum Gasteiger partial charge on any atom is 0.274 e. The fraction of sp³-hybridized carbons (Fsp3) is 0.0588. The summed E-state index contributed by atoms with van der Waals surface area (Å²) < 4.78 is 8.60. The first kappa shape index (κ1) is 16.6. The van der Waals surface area contributed by atoms with Crippen LogP contribution in [0.2, 0.25) is 0 Å². The van der Waals surface area contributed by atoms with Crippen LogP contribution < -0.4 is 14.8 Å².